The number of Topliss-reactive ketones (excluding diaryl/α,β-unsaturated/α-hetero) is 1. The van der Waals surface area contributed by atoms with Crippen molar-refractivity contribution in [1.82, 2.24) is 9.88 Å². The molecule has 0 bridgehead atoms. The first-order valence-corrected chi connectivity index (χ1v) is 10.9. The summed E-state index contributed by atoms with van der Waals surface area (Å²) in [6, 6.07) is 17.9. The molecule has 0 fully saturated rings. The van der Waals surface area contributed by atoms with E-state index in [1.165, 1.54) is 6.20 Å². The summed E-state index contributed by atoms with van der Waals surface area (Å²) in [5, 5.41) is 3.24. The number of hydrogen-bond acceptors (Lipinski definition) is 5. The number of carbonyl (C=O) groups excluding carboxylic acids is 2. The number of pyridine rings is 1. The number of ketones is 1. The second-order valence-electron chi connectivity index (χ2n) is 7.44. The highest BCUT2D eigenvalue weighted by Gasteiger charge is 2.18. The maximum absolute atomic E-state index is 12.9. The lowest BCUT2D eigenvalue weighted by molar-refractivity contribution is 0.0992. The molecule has 2 aromatic carbocycles. The average Bonchev–Trinajstić information content (AvgIpc) is 3.30. The van der Waals surface area contributed by atoms with Crippen molar-refractivity contribution in [2.45, 2.75) is 20.8 Å². The molecule has 1 amide bonds. The number of halogens is 1. The molecule has 0 saturated carbocycles. The maximum Gasteiger partial charge on any atom is 0.257 e. The van der Waals surface area contributed by atoms with Gasteiger partial charge in [0, 0.05) is 42.4 Å². The third kappa shape index (κ3) is 5.65. The molecule has 0 unspecified atom stereocenters. The number of amidine groups is 1. The molecular formula is C26H27ClN4O2. The van der Waals surface area contributed by atoms with Crippen LogP contribution in [0.3, 0.4) is 0 Å². The molecule has 7 heteroatoms. The molecule has 1 aromatic heterocycles. The number of anilines is 1. The topological polar surface area (TPSA) is 74.7 Å². The van der Waals surface area contributed by atoms with Gasteiger partial charge in [-0.05, 0) is 30.7 Å². The monoisotopic (exact) mass is 462 g/mol. The summed E-state index contributed by atoms with van der Waals surface area (Å²) in [4.78, 5) is 36.6. The Morgan fingerprint density at radius 2 is 1.82 bits per heavy atom. The van der Waals surface area contributed by atoms with Crippen LogP contribution in [0.1, 0.15) is 46.2 Å². The van der Waals surface area contributed by atoms with Gasteiger partial charge in [0.25, 0.3) is 5.91 Å². The van der Waals surface area contributed by atoms with Gasteiger partial charge in [0.05, 0.1) is 11.6 Å². The van der Waals surface area contributed by atoms with E-state index >= 15 is 0 Å². The van der Waals surface area contributed by atoms with E-state index in [9.17, 15) is 9.59 Å². The molecule has 0 radical (unpaired) electrons. The van der Waals surface area contributed by atoms with Crippen LogP contribution in [0, 0.1) is 0 Å². The van der Waals surface area contributed by atoms with Crippen LogP contribution >= 0.6 is 11.6 Å². The number of nitrogens with one attached hydrogen (secondary N) is 1. The van der Waals surface area contributed by atoms with Gasteiger partial charge in [-0.1, -0.05) is 61.5 Å². The van der Waals surface area contributed by atoms with Gasteiger partial charge in [0.2, 0.25) is 0 Å². The third-order valence-corrected chi connectivity index (χ3v) is 5.58. The van der Waals surface area contributed by atoms with E-state index in [4.69, 9.17) is 11.6 Å². The maximum atomic E-state index is 12.9. The van der Waals surface area contributed by atoms with Crippen molar-refractivity contribution in [2.75, 3.05) is 25.0 Å². The minimum atomic E-state index is -0.322. The summed E-state index contributed by atoms with van der Waals surface area (Å²) >= 11 is 5.85. The SMILES string of the molecule is C.CCN1CCN=C1c1ccc(C(=O)Cc2ccccc2C(=O)Nc2ccc(Cl)cn2)cc1. The largest absolute Gasteiger partial charge is 0.355 e. The summed E-state index contributed by atoms with van der Waals surface area (Å²) in [7, 11) is 0. The summed E-state index contributed by atoms with van der Waals surface area (Å²) < 4.78 is 0. The van der Waals surface area contributed by atoms with E-state index in [1.54, 1.807) is 30.3 Å². The molecule has 0 aliphatic carbocycles. The Labute approximate surface area is 199 Å². The van der Waals surface area contributed by atoms with Crippen molar-refractivity contribution in [1.29, 1.82) is 0 Å². The predicted octanol–water partition coefficient (Wildman–Crippen LogP) is 5.13. The fourth-order valence-electron chi connectivity index (χ4n) is 3.67. The average molecular weight is 463 g/mol. The Balaban J connectivity index is 0.00000306. The zero-order chi connectivity index (χ0) is 22.5. The van der Waals surface area contributed by atoms with E-state index < -0.39 is 0 Å². The lowest BCUT2D eigenvalue weighted by atomic mass is 9.97. The Kier molecular flexibility index (Phi) is 7.96. The van der Waals surface area contributed by atoms with E-state index in [2.05, 4.69) is 27.1 Å². The number of aliphatic imine (C=N–C) groups is 1. The highest BCUT2D eigenvalue weighted by atomic mass is 35.5. The van der Waals surface area contributed by atoms with Gasteiger partial charge in [-0.3, -0.25) is 14.6 Å². The first-order valence-electron chi connectivity index (χ1n) is 10.5. The number of aromatic nitrogens is 1. The molecule has 170 valence electrons. The summed E-state index contributed by atoms with van der Waals surface area (Å²) in [6.07, 6.45) is 1.59. The van der Waals surface area contributed by atoms with Crippen LogP contribution in [0.2, 0.25) is 5.02 Å². The van der Waals surface area contributed by atoms with Gasteiger partial charge in [-0.15, -0.1) is 0 Å². The summed E-state index contributed by atoms with van der Waals surface area (Å²) in [5.74, 6) is 0.996. The Morgan fingerprint density at radius 3 is 2.52 bits per heavy atom. The fourth-order valence-corrected chi connectivity index (χ4v) is 3.79. The number of amides is 1. The summed E-state index contributed by atoms with van der Waals surface area (Å²) in [5.41, 5.74) is 2.71. The molecule has 33 heavy (non-hydrogen) atoms. The van der Waals surface area contributed by atoms with Crippen molar-refractivity contribution in [2.24, 2.45) is 4.99 Å². The van der Waals surface area contributed by atoms with Crippen LogP contribution in [0.25, 0.3) is 0 Å². The molecule has 0 atom stereocenters. The first-order chi connectivity index (χ1) is 15.5. The van der Waals surface area contributed by atoms with Crippen LogP contribution < -0.4 is 5.32 Å². The lowest BCUT2D eigenvalue weighted by Crippen LogP contribution is -2.28. The molecule has 1 aliphatic rings. The van der Waals surface area contributed by atoms with Gasteiger partial charge in [-0.2, -0.15) is 0 Å². The van der Waals surface area contributed by atoms with Crippen molar-refractivity contribution >= 4 is 34.9 Å². The van der Waals surface area contributed by atoms with E-state index in [1.807, 2.05) is 30.3 Å². The van der Waals surface area contributed by atoms with Gasteiger partial charge in [-0.25, -0.2) is 4.98 Å². The second-order valence-corrected chi connectivity index (χ2v) is 7.87. The molecule has 2 heterocycles. The normalized spacial score (nSPS) is 12.7. The van der Waals surface area contributed by atoms with Gasteiger partial charge in [0.1, 0.15) is 11.7 Å². The smallest absolute Gasteiger partial charge is 0.257 e. The van der Waals surface area contributed by atoms with Crippen molar-refractivity contribution < 1.29 is 9.59 Å². The lowest BCUT2D eigenvalue weighted by Gasteiger charge is -2.18. The first kappa shape index (κ1) is 24.1. The van der Waals surface area contributed by atoms with Crippen molar-refractivity contribution in [3.8, 4) is 0 Å². The number of hydrogen-bond donors (Lipinski definition) is 1. The van der Waals surface area contributed by atoms with E-state index in [0.717, 1.165) is 31.0 Å². The Bertz CT molecular complexity index is 1160. The predicted molar refractivity (Wildman–Crippen MR) is 134 cm³/mol. The minimum Gasteiger partial charge on any atom is -0.355 e. The van der Waals surface area contributed by atoms with Crippen molar-refractivity contribution in [3.05, 3.63) is 94.1 Å². The zero-order valence-electron chi connectivity index (χ0n) is 17.7. The van der Waals surface area contributed by atoms with E-state index in [0.29, 0.717) is 27.5 Å². The highest BCUT2D eigenvalue weighted by molar-refractivity contribution is 6.30. The van der Waals surface area contributed by atoms with E-state index in [-0.39, 0.29) is 25.5 Å². The van der Waals surface area contributed by atoms with Crippen LogP contribution in [0.5, 0.6) is 0 Å². The van der Waals surface area contributed by atoms with Gasteiger partial charge >= 0.3 is 0 Å². The fraction of sp³-hybridized carbons (Fsp3) is 0.231. The number of rotatable bonds is 7. The third-order valence-electron chi connectivity index (χ3n) is 5.36. The molecule has 3 aromatic rings. The van der Waals surface area contributed by atoms with Crippen LogP contribution in [-0.4, -0.2) is 47.0 Å². The van der Waals surface area contributed by atoms with Crippen LogP contribution in [0.15, 0.2) is 71.9 Å². The highest BCUT2D eigenvalue weighted by Crippen LogP contribution is 2.17. The quantitative estimate of drug-likeness (QED) is 0.494. The molecule has 4 rings (SSSR count). The standard InChI is InChI=1S/C25H23ClN4O2.CH4/c1-2-30-14-13-27-24(30)18-9-7-17(8-10-18)22(31)15-19-5-3-4-6-21(19)25(32)29-23-12-11-20(26)16-28-23;/h3-12,16H,2,13-15H2,1H3,(H,28,29,32);1H4. The second kappa shape index (κ2) is 10.9. The molecule has 1 aliphatic heterocycles. The van der Waals surface area contributed by atoms with Crippen molar-refractivity contribution in [3.63, 3.8) is 0 Å². The molecule has 6 nitrogen and oxygen atoms in total. The number of benzene rings is 2. The molecule has 1 N–H and O–H groups in total. The number of carbonyl (C=O) groups is 2. The van der Waals surface area contributed by atoms with Crippen LogP contribution in [0.4, 0.5) is 5.82 Å². The minimum absolute atomic E-state index is 0. The number of nitrogens with zero attached hydrogens (tertiary/aromatic N) is 3. The molecule has 0 saturated heterocycles. The number of likely N-dealkylation sites (N-methyl/N-ethyl adjacent to an activating group) is 1. The zero-order valence-corrected chi connectivity index (χ0v) is 18.5. The Hall–Kier alpha value is -3.51. The van der Waals surface area contributed by atoms with Gasteiger partial charge in [0.15, 0.2) is 5.78 Å². The Morgan fingerprint density at radius 1 is 1.06 bits per heavy atom. The summed E-state index contributed by atoms with van der Waals surface area (Å²) in [6.45, 7) is 4.74. The molecule has 0 spiro atoms. The van der Waals surface area contributed by atoms with Crippen LogP contribution in [-0.2, 0) is 6.42 Å². The van der Waals surface area contributed by atoms with Gasteiger partial charge < -0.3 is 10.2 Å². The molecular weight excluding hydrogens is 436 g/mol.